The van der Waals surface area contributed by atoms with E-state index in [-0.39, 0.29) is 5.69 Å². The summed E-state index contributed by atoms with van der Waals surface area (Å²) in [5, 5.41) is 0. The molecule has 5 nitrogen and oxygen atoms in total. The van der Waals surface area contributed by atoms with Crippen molar-refractivity contribution in [3.63, 3.8) is 0 Å². The van der Waals surface area contributed by atoms with E-state index in [9.17, 15) is 4.79 Å². The number of esters is 1. The molecule has 1 aromatic heterocycles. The van der Waals surface area contributed by atoms with Gasteiger partial charge in [-0.2, -0.15) is 0 Å². The van der Waals surface area contributed by atoms with Crippen molar-refractivity contribution in [2.24, 2.45) is 0 Å². The summed E-state index contributed by atoms with van der Waals surface area (Å²) in [7, 11) is 1.34. The lowest BCUT2D eigenvalue weighted by atomic mass is 10.1. The summed E-state index contributed by atoms with van der Waals surface area (Å²) < 4.78 is 4.69. The molecule has 1 aliphatic rings. The van der Waals surface area contributed by atoms with Gasteiger partial charge in [0.1, 0.15) is 0 Å². The van der Waals surface area contributed by atoms with E-state index >= 15 is 0 Å². The zero-order chi connectivity index (χ0) is 14.1. The number of nitrogens with zero attached hydrogens (tertiary/aromatic N) is 2. The first kappa shape index (κ1) is 12.5. The Labute approximate surface area is 117 Å². The number of methoxy groups -OCH3 is 1. The van der Waals surface area contributed by atoms with Gasteiger partial charge >= 0.3 is 5.97 Å². The van der Waals surface area contributed by atoms with E-state index < -0.39 is 5.97 Å². The number of anilines is 2. The molecule has 0 unspecified atom stereocenters. The maximum absolute atomic E-state index is 11.6. The molecule has 2 aromatic rings. The van der Waals surface area contributed by atoms with Crippen LogP contribution in [0, 0.1) is 0 Å². The number of benzene rings is 1. The quantitative estimate of drug-likeness (QED) is 0.844. The number of ether oxygens (including phenoxy) is 1. The maximum Gasteiger partial charge on any atom is 0.356 e. The van der Waals surface area contributed by atoms with Crippen molar-refractivity contribution >= 4 is 17.5 Å². The summed E-state index contributed by atoms with van der Waals surface area (Å²) in [6.45, 7) is 1.50. The Bertz CT molecular complexity index is 645. The van der Waals surface area contributed by atoms with Crippen molar-refractivity contribution in [2.45, 2.75) is 13.1 Å². The average molecular weight is 269 g/mol. The topological polar surface area (TPSA) is 68.5 Å². The van der Waals surface area contributed by atoms with Gasteiger partial charge < -0.3 is 15.4 Å². The van der Waals surface area contributed by atoms with Gasteiger partial charge in [0.05, 0.1) is 12.8 Å². The van der Waals surface area contributed by atoms with E-state index in [1.54, 1.807) is 12.1 Å². The molecule has 0 saturated heterocycles. The average Bonchev–Trinajstić information content (AvgIpc) is 2.90. The minimum Gasteiger partial charge on any atom is -0.464 e. The number of fused-ring (bicyclic) bond motifs is 1. The second-order valence-electron chi connectivity index (χ2n) is 4.73. The highest BCUT2D eigenvalue weighted by Gasteiger charge is 2.22. The van der Waals surface area contributed by atoms with Gasteiger partial charge in [-0.3, -0.25) is 0 Å². The predicted molar refractivity (Wildman–Crippen MR) is 76.3 cm³/mol. The van der Waals surface area contributed by atoms with Crippen molar-refractivity contribution < 1.29 is 9.53 Å². The lowest BCUT2D eigenvalue weighted by Crippen LogP contribution is -2.19. The highest BCUT2D eigenvalue weighted by atomic mass is 16.5. The Morgan fingerprint density at radius 1 is 1.20 bits per heavy atom. The molecule has 0 spiro atoms. The zero-order valence-corrected chi connectivity index (χ0v) is 11.2. The fourth-order valence-corrected chi connectivity index (χ4v) is 2.41. The van der Waals surface area contributed by atoms with Gasteiger partial charge in [0, 0.05) is 13.1 Å². The van der Waals surface area contributed by atoms with Gasteiger partial charge in [-0.25, -0.2) is 9.78 Å². The fraction of sp³-hybridized carbons (Fsp3) is 0.200. The van der Waals surface area contributed by atoms with E-state index in [2.05, 4.69) is 22.0 Å². The molecule has 0 atom stereocenters. The highest BCUT2D eigenvalue weighted by molar-refractivity contribution is 5.88. The van der Waals surface area contributed by atoms with Crippen LogP contribution in [0.1, 0.15) is 21.6 Å². The van der Waals surface area contributed by atoms with Crippen molar-refractivity contribution in [2.75, 3.05) is 17.7 Å². The van der Waals surface area contributed by atoms with Gasteiger partial charge in [-0.15, -0.1) is 0 Å². The van der Waals surface area contributed by atoms with Crippen LogP contribution in [0.4, 0.5) is 11.5 Å². The van der Waals surface area contributed by atoms with Crippen LogP contribution in [0.5, 0.6) is 0 Å². The Morgan fingerprint density at radius 2 is 1.85 bits per heavy atom. The first-order valence-corrected chi connectivity index (χ1v) is 6.35. The van der Waals surface area contributed by atoms with Crippen LogP contribution in [0.2, 0.25) is 0 Å². The molecule has 0 amide bonds. The number of nitrogens with two attached hydrogens (primary N) is 1. The number of hydrogen-bond acceptors (Lipinski definition) is 5. The maximum atomic E-state index is 11.6. The summed E-state index contributed by atoms with van der Waals surface area (Å²) >= 11 is 0. The lowest BCUT2D eigenvalue weighted by molar-refractivity contribution is 0.0594. The Balaban J connectivity index is 1.94. The number of hydrogen-bond donors (Lipinski definition) is 1. The molecule has 3 rings (SSSR count). The van der Waals surface area contributed by atoms with Crippen molar-refractivity contribution in [3.05, 3.63) is 53.2 Å². The number of nitrogen functional groups attached to an aromatic ring is 1. The molecule has 0 saturated carbocycles. The molecule has 5 heteroatoms. The zero-order valence-electron chi connectivity index (χ0n) is 11.2. The number of carbonyl (C=O) groups is 1. The molecular weight excluding hydrogens is 254 g/mol. The summed E-state index contributed by atoms with van der Waals surface area (Å²) in [4.78, 5) is 18.0. The normalized spacial score (nSPS) is 13.2. The molecule has 20 heavy (non-hydrogen) atoms. The fourth-order valence-electron chi connectivity index (χ4n) is 2.41. The summed E-state index contributed by atoms with van der Waals surface area (Å²) in [5.41, 5.74) is 9.34. The second kappa shape index (κ2) is 4.85. The molecule has 102 valence electrons. The van der Waals surface area contributed by atoms with Gasteiger partial charge in [0.15, 0.2) is 11.5 Å². The SMILES string of the molecule is COC(=O)c1ccc(N)c(N2Cc3ccccc3C2)n1. The monoisotopic (exact) mass is 269 g/mol. The minimum absolute atomic E-state index is 0.271. The van der Waals surface area contributed by atoms with E-state index in [0.29, 0.717) is 11.5 Å². The summed E-state index contributed by atoms with van der Waals surface area (Å²) in [6, 6.07) is 11.5. The molecule has 0 fully saturated rings. The number of rotatable bonds is 2. The molecule has 1 aliphatic heterocycles. The molecule has 2 heterocycles. The number of aromatic nitrogens is 1. The van der Waals surface area contributed by atoms with E-state index in [1.165, 1.54) is 18.2 Å². The van der Waals surface area contributed by atoms with Crippen LogP contribution < -0.4 is 10.6 Å². The van der Waals surface area contributed by atoms with Crippen LogP contribution in [0.15, 0.2) is 36.4 Å². The van der Waals surface area contributed by atoms with Gasteiger partial charge in [-0.1, -0.05) is 24.3 Å². The third-order valence-corrected chi connectivity index (χ3v) is 3.44. The Kier molecular flexibility index (Phi) is 3.02. The van der Waals surface area contributed by atoms with Crippen molar-refractivity contribution in [1.29, 1.82) is 0 Å². The molecule has 2 N–H and O–H groups in total. The van der Waals surface area contributed by atoms with Crippen LogP contribution >= 0.6 is 0 Å². The second-order valence-corrected chi connectivity index (χ2v) is 4.73. The standard InChI is InChI=1S/C15H15N3O2/c1-20-15(19)13-7-6-12(16)14(17-13)18-8-10-4-2-3-5-11(10)9-18/h2-7H,8-9,16H2,1H3. The molecule has 0 aliphatic carbocycles. The first-order valence-electron chi connectivity index (χ1n) is 6.35. The molecule has 0 radical (unpaired) electrons. The van der Waals surface area contributed by atoms with Crippen LogP contribution in [0.3, 0.4) is 0 Å². The molecule has 1 aromatic carbocycles. The highest BCUT2D eigenvalue weighted by Crippen LogP contribution is 2.30. The van der Waals surface area contributed by atoms with Crippen LogP contribution in [-0.2, 0) is 17.8 Å². The van der Waals surface area contributed by atoms with Gasteiger partial charge in [0.25, 0.3) is 0 Å². The Morgan fingerprint density at radius 3 is 2.45 bits per heavy atom. The Hall–Kier alpha value is -2.56. The first-order chi connectivity index (χ1) is 9.69. The smallest absolute Gasteiger partial charge is 0.356 e. The van der Waals surface area contributed by atoms with Crippen molar-refractivity contribution in [3.8, 4) is 0 Å². The predicted octanol–water partition coefficient (Wildman–Crippen LogP) is 1.97. The van der Waals surface area contributed by atoms with Gasteiger partial charge in [-0.05, 0) is 23.3 Å². The number of carbonyl (C=O) groups excluding carboxylic acids is 1. The molecular formula is C15H15N3O2. The van der Waals surface area contributed by atoms with E-state index in [1.807, 2.05) is 12.1 Å². The van der Waals surface area contributed by atoms with Crippen LogP contribution in [0.25, 0.3) is 0 Å². The van der Waals surface area contributed by atoms with Gasteiger partial charge in [0.2, 0.25) is 0 Å². The van der Waals surface area contributed by atoms with E-state index in [0.717, 1.165) is 13.1 Å². The lowest BCUT2D eigenvalue weighted by Gasteiger charge is -2.19. The van der Waals surface area contributed by atoms with Crippen molar-refractivity contribution in [1.82, 2.24) is 4.98 Å². The van der Waals surface area contributed by atoms with Crippen LogP contribution in [-0.4, -0.2) is 18.1 Å². The summed E-state index contributed by atoms with van der Waals surface area (Å²) in [6.07, 6.45) is 0. The van der Waals surface area contributed by atoms with E-state index in [4.69, 9.17) is 10.5 Å². The third-order valence-electron chi connectivity index (χ3n) is 3.44. The largest absolute Gasteiger partial charge is 0.464 e. The summed E-state index contributed by atoms with van der Waals surface area (Å²) in [5.74, 6) is 0.173. The molecule has 0 bridgehead atoms. The third kappa shape index (κ3) is 2.07. The number of pyridine rings is 1. The minimum atomic E-state index is -0.456.